The number of hydrazine groups is 1. The Morgan fingerprint density at radius 2 is 2.15 bits per heavy atom. The molecular weight excluding hydrogens is 290 g/mol. The number of thiocarbonyl (C=S) groups is 1. The van der Waals surface area contributed by atoms with Crippen molar-refractivity contribution in [3.63, 3.8) is 0 Å². The van der Waals surface area contributed by atoms with Crippen LogP contribution in [-0.2, 0) is 6.42 Å². The van der Waals surface area contributed by atoms with Gasteiger partial charge in [-0.3, -0.25) is 10.3 Å². The van der Waals surface area contributed by atoms with Crippen LogP contribution in [0.4, 0.5) is 5.69 Å². The Hall–Kier alpha value is -1.63. The first-order chi connectivity index (χ1) is 9.79. The van der Waals surface area contributed by atoms with Crippen molar-refractivity contribution in [3.05, 3.63) is 46.7 Å². The van der Waals surface area contributed by atoms with Crippen LogP contribution in [0.1, 0.15) is 4.88 Å². The minimum atomic E-state index is 0.0810. The largest absolute Gasteiger partial charge is 0.495 e. The number of methoxy groups -OCH3 is 1. The van der Waals surface area contributed by atoms with Crippen LogP contribution in [0, 0.1) is 0 Å². The Labute approximate surface area is 127 Å². The van der Waals surface area contributed by atoms with Gasteiger partial charge in [-0.05, 0) is 35.8 Å². The quantitative estimate of drug-likeness (QED) is 0.849. The monoisotopic (exact) mass is 305 g/mol. The van der Waals surface area contributed by atoms with E-state index in [9.17, 15) is 0 Å². The average Bonchev–Trinajstić information content (AvgIpc) is 3.10. The van der Waals surface area contributed by atoms with Gasteiger partial charge in [-0.2, -0.15) is 0 Å². The Morgan fingerprint density at radius 3 is 2.90 bits per heavy atom. The highest BCUT2D eigenvalue weighted by Gasteiger charge is 2.30. The molecule has 1 atom stereocenters. The number of nitrogens with one attached hydrogen (secondary N) is 2. The van der Waals surface area contributed by atoms with Crippen LogP contribution in [0.5, 0.6) is 5.75 Å². The van der Waals surface area contributed by atoms with Gasteiger partial charge in [-0.1, -0.05) is 18.2 Å². The summed E-state index contributed by atoms with van der Waals surface area (Å²) in [5.41, 5.74) is 7.24. The van der Waals surface area contributed by atoms with E-state index in [1.165, 1.54) is 4.88 Å². The van der Waals surface area contributed by atoms with Gasteiger partial charge in [-0.25, -0.2) is 5.43 Å². The summed E-state index contributed by atoms with van der Waals surface area (Å²) in [6.07, 6.45) is 0.959. The molecule has 0 amide bonds. The van der Waals surface area contributed by atoms with Crippen molar-refractivity contribution in [1.82, 2.24) is 10.9 Å². The Balaban J connectivity index is 1.90. The van der Waals surface area contributed by atoms with Gasteiger partial charge < -0.3 is 4.74 Å². The van der Waals surface area contributed by atoms with E-state index in [1.54, 1.807) is 18.4 Å². The third-order valence-corrected chi connectivity index (χ3v) is 4.39. The number of benzene rings is 1. The molecule has 6 heteroatoms. The topological polar surface area (TPSA) is 36.5 Å². The Bertz CT molecular complexity index is 600. The fourth-order valence-corrected chi connectivity index (χ4v) is 3.31. The summed E-state index contributed by atoms with van der Waals surface area (Å²) in [4.78, 5) is 3.38. The smallest absolute Gasteiger partial charge is 0.189 e. The van der Waals surface area contributed by atoms with E-state index in [-0.39, 0.29) is 6.17 Å². The second kappa shape index (κ2) is 5.78. The molecule has 2 N–H and O–H groups in total. The summed E-state index contributed by atoms with van der Waals surface area (Å²) < 4.78 is 5.44. The molecule has 4 nitrogen and oxygen atoms in total. The third-order valence-electron chi connectivity index (χ3n) is 3.20. The van der Waals surface area contributed by atoms with Crippen LogP contribution in [0.3, 0.4) is 0 Å². The second-order valence-corrected chi connectivity index (χ2v) is 5.83. The zero-order chi connectivity index (χ0) is 13.9. The SMILES string of the molecule is COc1ccccc1N1C(=S)NNC1Cc1cccs1. The molecule has 0 spiro atoms. The van der Waals surface area contributed by atoms with Gasteiger partial charge >= 0.3 is 0 Å². The number of rotatable bonds is 4. The lowest BCUT2D eigenvalue weighted by molar-refractivity contribution is 0.414. The maximum atomic E-state index is 5.44. The molecule has 20 heavy (non-hydrogen) atoms. The molecule has 1 aliphatic rings. The zero-order valence-corrected chi connectivity index (χ0v) is 12.6. The van der Waals surface area contributed by atoms with Crippen LogP contribution in [0.25, 0.3) is 0 Å². The highest BCUT2D eigenvalue weighted by molar-refractivity contribution is 7.80. The maximum absolute atomic E-state index is 5.44. The summed E-state index contributed by atoms with van der Waals surface area (Å²) in [5.74, 6) is 0.816. The predicted molar refractivity (Wildman–Crippen MR) is 86.2 cm³/mol. The molecule has 0 radical (unpaired) electrons. The van der Waals surface area contributed by atoms with Crippen molar-refractivity contribution in [3.8, 4) is 5.75 Å². The van der Waals surface area contributed by atoms with E-state index in [2.05, 4.69) is 33.3 Å². The van der Waals surface area contributed by atoms with E-state index < -0.39 is 0 Å². The molecule has 1 aromatic carbocycles. The van der Waals surface area contributed by atoms with Crippen LogP contribution in [0.2, 0.25) is 0 Å². The molecule has 1 fully saturated rings. The van der Waals surface area contributed by atoms with Crippen LogP contribution >= 0.6 is 23.6 Å². The van der Waals surface area contributed by atoms with Crippen molar-refractivity contribution < 1.29 is 4.74 Å². The predicted octanol–water partition coefficient (Wildman–Crippen LogP) is 2.52. The number of anilines is 1. The first-order valence-corrected chi connectivity index (χ1v) is 7.58. The summed E-state index contributed by atoms with van der Waals surface area (Å²) in [7, 11) is 1.67. The summed E-state index contributed by atoms with van der Waals surface area (Å²) >= 11 is 7.15. The maximum Gasteiger partial charge on any atom is 0.189 e. The molecule has 3 rings (SSSR count). The lowest BCUT2D eigenvalue weighted by atomic mass is 10.2. The fraction of sp³-hybridized carbons (Fsp3) is 0.214. The van der Waals surface area contributed by atoms with Crippen molar-refractivity contribution in [1.29, 1.82) is 0 Å². The van der Waals surface area contributed by atoms with Gasteiger partial charge in [0.2, 0.25) is 0 Å². The lowest BCUT2D eigenvalue weighted by Crippen LogP contribution is -2.39. The number of hydrogen-bond donors (Lipinski definition) is 2. The van der Waals surface area contributed by atoms with Crippen molar-refractivity contribution in [2.45, 2.75) is 12.6 Å². The van der Waals surface area contributed by atoms with Crippen molar-refractivity contribution >= 4 is 34.4 Å². The molecule has 1 saturated heterocycles. The molecule has 2 heterocycles. The minimum Gasteiger partial charge on any atom is -0.495 e. The molecule has 1 unspecified atom stereocenters. The van der Waals surface area contributed by atoms with Gasteiger partial charge in [0.1, 0.15) is 11.9 Å². The van der Waals surface area contributed by atoms with E-state index >= 15 is 0 Å². The standard InChI is InChI=1S/C14H15N3OS2/c1-18-12-7-3-2-6-11(12)17-13(15-16-14(17)19)9-10-5-4-8-20-10/h2-8,13,15H,9H2,1H3,(H,16,19). The van der Waals surface area contributed by atoms with Gasteiger partial charge in [0, 0.05) is 11.3 Å². The molecule has 104 valence electrons. The molecule has 1 aromatic heterocycles. The van der Waals surface area contributed by atoms with Crippen molar-refractivity contribution in [2.24, 2.45) is 0 Å². The molecular formula is C14H15N3OS2. The second-order valence-electron chi connectivity index (χ2n) is 4.42. The highest BCUT2D eigenvalue weighted by atomic mass is 32.1. The number of nitrogens with zero attached hydrogens (tertiary/aromatic N) is 1. The van der Waals surface area contributed by atoms with E-state index in [0.717, 1.165) is 17.9 Å². The molecule has 0 saturated carbocycles. The van der Waals surface area contributed by atoms with E-state index in [0.29, 0.717) is 5.11 Å². The number of thiophene rings is 1. The van der Waals surface area contributed by atoms with Crippen LogP contribution in [-0.4, -0.2) is 18.4 Å². The van der Waals surface area contributed by atoms with Gasteiger partial charge in [0.05, 0.1) is 12.8 Å². The summed E-state index contributed by atoms with van der Waals surface area (Å²) in [5, 5.41) is 2.75. The molecule has 2 aromatic rings. The number of ether oxygens (including phenoxy) is 1. The normalized spacial score (nSPS) is 18.1. The summed E-state index contributed by atoms with van der Waals surface area (Å²) in [6, 6.07) is 12.1. The van der Waals surface area contributed by atoms with E-state index in [4.69, 9.17) is 17.0 Å². The first kappa shape index (κ1) is 13.4. The minimum absolute atomic E-state index is 0.0810. The number of para-hydroxylation sites is 2. The highest BCUT2D eigenvalue weighted by Crippen LogP contribution is 2.31. The lowest BCUT2D eigenvalue weighted by Gasteiger charge is -2.25. The molecule has 0 bridgehead atoms. The van der Waals surface area contributed by atoms with Gasteiger partial charge in [0.25, 0.3) is 0 Å². The van der Waals surface area contributed by atoms with E-state index in [1.807, 2.05) is 24.3 Å². The average molecular weight is 305 g/mol. The Kier molecular flexibility index (Phi) is 3.86. The molecule has 1 aliphatic heterocycles. The van der Waals surface area contributed by atoms with Crippen LogP contribution < -0.4 is 20.5 Å². The zero-order valence-electron chi connectivity index (χ0n) is 11.0. The first-order valence-electron chi connectivity index (χ1n) is 6.29. The molecule has 0 aliphatic carbocycles. The fourth-order valence-electron chi connectivity index (χ4n) is 2.28. The third kappa shape index (κ3) is 2.49. The van der Waals surface area contributed by atoms with Gasteiger partial charge in [-0.15, -0.1) is 11.3 Å². The van der Waals surface area contributed by atoms with Crippen molar-refractivity contribution in [2.75, 3.05) is 12.0 Å². The van der Waals surface area contributed by atoms with Gasteiger partial charge in [0.15, 0.2) is 5.11 Å². The van der Waals surface area contributed by atoms with Crippen LogP contribution in [0.15, 0.2) is 41.8 Å². The Morgan fingerprint density at radius 1 is 1.30 bits per heavy atom. The summed E-state index contributed by atoms with van der Waals surface area (Å²) in [6.45, 7) is 0. The number of hydrogen-bond acceptors (Lipinski definition) is 4.